The summed E-state index contributed by atoms with van der Waals surface area (Å²) < 4.78 is 2.30. The highest BCUT2D eigenvalue weighted by Gasteiger charge is 2.28. The van der Waals surface area contributed by atoms with Gasteiger partial charge in [0, 0.05) is 38.4 Å². The van der Waals surface area contributed by atoms with Crippen LogP contribution in [0, 0.1) is 5.92 Å². The number of imidazole rings is 1. The number of rotatable bonds is 6. The molecule has 2 heterocycles. The van der Waals surface area contributed by atoms with E-state index in [9.17, 15) is 4.79 Å². The topological polar surface area (TPSA) is 76.2 Å². The molecule has 0 aromatic carbocycles. The van der Waals surface area contributed by atoms with Gasteiger partial charge in [-0.05, 0) is 32.2 Å². The standard InChI is InChI=1S/C15H25N5O/c16-5-6-18-15(21)12-2-1-7-19(9-12)10-14-8-17-11-20(14)13-3-4-13/h8,11-13H,1-7,9-10,16H2,(H,18,21). The van der Waals surface area contributed by atoms with Gasteiger partial charge in [0.1, 0.15) is 0 Å². The Morgan fingerprint density at radius 3 is 3.05 bits per heavy atom. The van der Waals surface area contributed by atoms with Gasteiger partial charge in [0.2, 0.25) is 5.91 Å². The van der Waals surface area contributed by atoms with Crippen molar-refractivity contribution >= 4 is 5.91 Å². The number of nitrogens with one attached hydrogen (secondary N) is 1. The Hall–Kier alpha value is -1.40. The van der Waals surface area contributed by atoms with Gasteiger partial charge in [-0.25, -0.2) is 4.98 Å². The Labute approximate surface area is 125 Å². The van der Waals surface area contributed by atoms with Crippen LogP contribution >= 0.6 is 0 Å². The van der Waals surface area contributed by atoms with E-state index in [2.05, 4.69) is 19.8 Å². The molecular weight excluding hydrogens is 266 g/mol. The maximum Gasteiger partial charge on any atom is 0.224 e. The molecule has 6 heteroatoms. The molecule has 6 nitrogen and oxygen atoms in total. The molecule has 1 atom stereocenters. The monoisotopic (exact) mass is 291 g/mol. The Kier molecular flexibility index (Phi) is 4.55. The fourth-order valence-corrected chi connectivity index (χ4v) is 3.12. The maximum absolute atomic E-state index is 12.1. The molecule has 0 bridgehead atoms. The molecule has 0 radical (unpaired) electrons. The summed E-state index contributed by atoms with van der Waals surface area (Å²) >= 11 is 0. The van der Waals surface area contributed by atoms with Gasteiger partial charge in [0.05, 0.1) is 17.9 Å². The second kappa shape index (κ2) is 6.58. The van der Waals surface area contributed by atoms with Crippen molar-refractivity contribution in [2.45, 2.75) is 38.3 Å². The van der Waals surface area contributed by atoms with Crippen LogP contribution in [0.5, 0.6) is 0 Å². The Morgan fingerprint density at radius 2 is 2.29 bits per heavy atom. The van der Waals surface area contributed by atoms with E-state index in [0.717, 1.165) is 32.5 Å². The molecule has 116 valence electrons. The van der Waals surface area contributed by atoms with Gasteiger partial charge in [-0.1, -0.05) is 0 Å². The zero-order valence-electron chi connectivity index (χ0n) is 12.5. The summed E-state index contributed by atoms with van der Waals surface area (Å²) in [6.07, 6.45) is 8.52. The van der Waals surface area contributed by atoms with Gasteiger partial charge in [0.25, 0.3) is 0 Å². The van der Waals surface area contributed by atoms with E-state index >= 15 is 0 Å². The van der Waals surface area contributed by atoms with Crippen LogP contribution in [0.3, 0.4) is 0 Å². The molecule has 1 aliphatic heterocycles. The minimum absolute atomic E-state index is 0.0996. The molecule has 1 aromatic rings. The minimum atomic E-state index is 0.0996. The molecule has 1 aliphatic carbocycles. The van der Waals surface area contributed by atoms with Crippen LogP contribution in [0.25, 0.3) is 0 Å². The summed E-state index contributed by atoms with van der Waals surface area (Å²) in [5.41, 5.74) is 6.72. The number of nitrogens with two attached hydrogens (primary N) is 1. The molecule has 1 aromatic heterocycles. The van der Waals surface area contributed by atoms with Crippen molar-refractivity contribution in [1.82, 2.24) is 19.8 Å². The molecular formula is C15H25N5O. The number of carbonyl (C=O) groups is 1. The molecule has 2 fully saturated rings. The van der Waals surface area contributed by atoms with E-state index in [1.165, 1.54) is 18.5 Å². The van der Waals surface area contributed by atoms with Gasteiger partial charge < -0.3 is 15.6 Å². The van der Waals surface area contributed by atoms with E-state index in [4.69, 9.17) is 5.73 Å². The predicted molar refractivity (Wildman–Crippen MR) is 80.6 cm³/mol. The van der Waals surface area contributed by atoms with Gasteiger partial charge in [-0.2, -0.15) is 0 Å². The molecule has 1 amide bonds. The third kappa shape index (κ3) is 3.63. The van der Waals surface area contributed by atoms with Crippen molar-refractivity contribution in [3.8, 4) is 0 Å². The van der Waals surface area contributed by atoms with Crippen molar-refractivity contribution in [3.63, 3.8) is 0 Å². The Morgan fingerprint density at radius 1 is 1.43 bits per heavy atom. The Balaban J connectivity index is 1.55. The van der Waals surface area contributed by atoms with Crippen LogP contribution in [-0.2, 0) is 11.3 Å². The smallest absolute Gasteiger partial charge is 0.224 e. The van der Waals surface area contributed by atoms with Crippen LogP contribution < -0.4 is 11.1 Å². The van der Waals surface area contributed by atoms with Crippen molar-refractivity contribution in [3.05, 3.63) is 18.2 Å². The van der Waals surface area contributed by atoms with Gasteiger partial charge in [-0.3, -0.25) is 9.69 Å². The summed E-state index contributed by atoms with van der Waals surface area (Å²) in [5.74, 6) is 0.253. The number of hydrogen-bond acceptors (Lipinski definition) is 4. The number of likely N-dealkylation sites (tertiary alicyclic amines) is 1. The number of aromatic nitrogens is 2. The summed E-state index contributed by atoms with van der Waals surface area (Å²) in [7, 11) is 0. The number of piperidine rings is 1. The number of nitrogens with zero attached hydrogens (tertiary/aromatic N) is 3. The van der Waals surface area contributed by atoms with Crippen molar-refractivity contribution in [2.75, 3.05) is 26.2 Å². The highest BCUT2D eigenvalue weighted by atomic mass is 16.1. The molecule has 3 rings (SSSR count). The zero-order chi connectivity index (χ0) is 14.7. The van der Waals surface area contributed by atoms with Crippen molar-refractivity contribution in [1.29, 1.82) is 0 Å². The average molecular weight is 291 g/mol. The van der Waals surface area contributed by atoms with Crippen LogP contribution in [0.15, 0.2) is 12.5 Å². The van der Waals surface area contributed by atoms with E-state index in [1.807, 2.05) is 12.5 Å². The largest absolute Gasteiger partial charge is 0.355 e. The first-order valence-corrected chi connectivity index (χ1v) is 7.98. The van der Waals surface area contributed by atoms with Crippen molar-refractivity contribution < 1.29 is 4.79 Å². The van der Waals surface area contributed by atoms with Crippen molar-refractivity contribution in [2.24, 2.45) is 11.7 Å². The molecule has 1 unspecified atom stereocenters. The molecule has 21 heavy (non-hydrogen) atoms. The van der Waals surface area contributed by atoms with E-state index in [1.54, 1.807) is 0 Å². The highest BCUT2D eigenvalue weighted by molar-refractivity contribution is 5.78. The summed E-state index contributed by atoms with van der Waals surface area (Å²) in [6.45, 7) is 3.88. The summed E-state index contributed by atoms with van der Waals surface area (Å²) in [6, 6.07) is 0.663. The molecule has 0 spiro atoms. The van der Waals surface area contributed by atoms with E-state index < -0.39 is 0 Å². The predicted octanol–water partition coefficient (Wildman–Crippen LogP) is 0.505. The van der Waals surface area contributed by atoms with Crippen LogP contribution in [0.4, 0.5) is 0 Å². The van der Waals surface area contributed by atoms with E-state index in [0.29, 0.717) is 19.1 Å². The quantitative estimate of drug-likeness (QED) is 0.800. The molecule has 1 saturated carbocycles. The zero-order valence-corrected chi connectivity index (χ0v) is 12.5. The summed E-state index contributed by atoms with van der Waals surface area (Å²) in [5, 5.41) is 2.91. The minimum Gasteiger partial charge on any atom is -0.355 e. The first-order chi connectivity index (χ1) is 10.3. The lowest BCUT2D eigenvalue weighted by molar-refractivity contribution is -0.126. The van der Waals surface area contributed by atoms with Gasteiger partial charge >= 0.3 is 0 Å². The number of amides is 1. The third-order valence-corrected chi connectivity index (χ3v) is 4.39. The van der Waals surface area contributed by atoms with Gasteiger partial charge in [0.15, 0.2) is 0 Å². The maximum atomic E-state index is 12.1. The summed E-state index contributed by atoms with van der Waals surface area (Å²) in [4.78, 5) is 18.7. The lowest BCUT2D eigenvalue weighted by Gasteiger charge is -2.32. The number of carbonyl (C=O) groups excluding carboxylic acids is 1. The lowest BCUT2D eigenvalue weighted by Crippen LogP contribution is -2.43. The highest BCUT2D eigenvalue weighted by Crippen LogP contribution is 2.36. The van der Waals surface area contributed by atoms with Crippen LogP contribution in [0.1, 0.15) is 37.4 Å². The second-order valence-corrected chi connectivity index (χ2v) is 6.18. The Bertz CT molecular complexity index is 482. The van der Waals surface area contributed by atoms with E-state index in [-0.39, 0.29) is 11.8 Å². The first-order valence-electron chi connectivity index (χ1n) is 7.98. The third-order valence-electron chi connectivity index (χ3n) is 4.39. The molecule has 3 N–H and O–H groups in total. The molecule has 1 saturated heterocycles. The van der Waals surface area contributed by atoms with Crippen LogP contribution in [-0.4, -0.2) is 46.5 Å². The first kappa shape index (κ1) is 14.5. The number of hydrogen-bond donors (Lipinski definition) is 2. The normalized spacial score (nSPS) is 23.2. The lowest BCUT2D eigenvalue weighted by atomic mass is 9.97. The van der Waals surface area contributed by atoms with Gasteiger partial charge in [-0.15, -0.1) is 0 Å². The fourth-order valence-electron chi connectivity index (χ4n) is 3.12. The average Bonchev–Trinajstić information content (AvgIpc) is 3.25. The SMILES string of the molecule is NCCNC(=O)C1CCCN(Cc2cncn2C2CC2)C1. The van der Waals surface area contributed by atoms with Crippen LogP contribution in [0.2, 0.25) is 0 Å². The fraction of sp³-hybridized carbons (Fsp3) is 0.733. The molecule has 2 aliphatic rings. The second-order valence-electron chi connectivity index (χ2n) is 6.18.